The van der Waals surface area contributed by atoms with Crippen LogP contribution >= 0.6 is 11.6 Å². The van der Waals surface area contributed by atoms with Crippen LogP contribution in [0.5, 0.6) is 17.2 Å². The van der Waals surface area contributed by atoms with E-state index < -0.39 is 0 Å². The SMILES string of the molecule is OCC1(CCOc2ccccc2)CCCN(Cc2cc3c(cc2Cl)OCO3)C1. The Bertz CT molecular complexity index is 801. The lowest BCUT2D eigenvalue weighted by molar-refractivity contribution is 0.0128. The minimum Gasteiger partial charge on any atom is -0.494 e. The number of para-hydroxylation sites is 1. The zero-order valence-electron chi connectivity index (χ0n) is 15.9. The number of aliphatic hydroxyl groups is 1. The average Bonchev–Trinajstić information content (AvgIpc) is 3.16. The Morgan fingerprint density at radius 3 is 2.71 bits per heavy atom. The van der Waals surface area contributed by atoms with Gasteiger partial charge < -0.3 is 19.3 Å². The van der Waals surface area contributed by atoms with Crippen LogP contribution in [0, 0.1) is 5.41 Å². The summed E-state index contributed by atoms with van der Waals surface area (Å²) >= 11 is 6.45. The second-order valence-electron chi connectivity index (χ2n) is 7.68. The second kappa shape index (κ2) is 8.60. The molecule has 1 N–H and O–H groups in total. The van der Waals surface area contributed by atoms with Crippen molar-refractivity contribution in [1.29, 1.82) is 0 Å². The number of benzene rings is 2. The fourth-order valence-corrected chi connectivity index (χ4v) is 4.29. The first-order valence-electron chi connectivity index (χ1n) is 9.77. The molecule has 0 aromatic heterocycles. The Labute approximate surface area is 170 Å². The Hall–Kier alpha value is -1.95. The van der Waals surface area contributed by atoms with Gasteiger partial charge in [0.15, 0.2) is 11.5 Å². The molecule has 0 bridgehead atoms. The van der Waals surface area contributed by atoms with Gasteiger partial charge in [0.2, 0.25) is 6.79 Å². The smallest absolute Gasteiger partial charge is 0.231 e. The average molecular weight is 404 g/mol. The van der Waals surface area contributed by atoms with E-state index in [0.29, 0.717) is 17.4 Å². The van der Waals surface area contributed by atoms with Crippen molar-refractivity contribution in [2.45, 2.75) is 25.8 Å². The molecule has 0 spiro atoms. The third-order valence-electron chi connectivity index (χ3n) is 5.66. The van der Waals surface area contributed by atoms with Crippen molar-refractivity contribution in [2.24, 2.45) is 5.41 Å². The summed E-state index contributed by atoms with van der Waals surface area (Å²) in [5.74, 6) is 2.33. The van der Waals surface area contributed by atoms with Crippen LogP contribution in [0.2, 0.25) is 5.02 Å². The molecule has 0 saturated carbocycles. The van der Waals surface area contributed by atoms with Crippen LogP contribution in [0.1, 0.15) is 24.8 Å². The number of ether oxygens (including phenoxy) is 3. The second-order valence-corrected chi connectivity index (χ2v) is 8.09. The van der Waals surface area contributed by atoms with E-state index in [4.69, 9.17) is 25.8 Å². The van der Waals surface area contributed by atoms with Crippen molar-refractivity contribution in [2.75, 3.05) is 33.1 Å². The monoisotopic (exact) mass is 403 g/mol. The third-order valence-corrected chi connectivity index (χ3v) is 6.01. The van der Waals surface area contributed by atoms with E-state index in [-0.39, 0.29) is 18.8 Å². The molecule has 1 saturated heterocycles. The molecule has 0 amide bonds. The molecule has 6 heteroatoms. The predicted molar refractivity (Wildman–Crippen MR) is 108 cm³/mol. The van der Waals surface area contributed by atoms with E-state index in [2.05, 4.69) is 4.90 Å². The van der Waals surface area contributed by atoms with E-state index in [0.717, 1.165) is 56.0 Å². The highest BCUT2D eigenvalue weighted by Crippen LogP contribution is 2.39. The van der Waals surface area contributed by atoms with E-state index in [1.807, 2.05) is 42.5 Å². The summed E-state index contributed by atoms with van der Waals surface area (Å²) < 4.78 is 16.8. The maximum atomic E-state index is 10.2. The topological polar surface area (TPSA) is 51.2 Å². The Morgan fingerprint density at radius 2 is 1.93 bits per heavy atom. The van der Waals surface area contributed by atoms with Crippen molar-refractivity contribution in [3.8, 4) is 17.2 Å². The van der Waals surface area contributed by atoms with E-state index in [1.54, 1.807) is 0 Å². The molecular weight excluding hydrogens is 378 g/mol. The van der Waals surface area contributed by atoms with Gasteiger partial charge in [-0.05, 0) is 49.6 Å². The molecule has 2 aromatic carbocycles. The van der Waals surface area contributed by atoms with Gasteiger partial charge in [0.1, 0.15) is 5.75 Å². The molecule has 150 valence electrons. The van der Waals surface area contributed by atoms with E-state index >= 15 is 0 Å². The predicted octanol–water partition coefficient (Wildman–Crippen LogP) is 4.11. The molecule has 5 nitrogen and oxygen atoms in total. The molecule has 2 aliphatic rings. The number of halogens is 1. The minimum atomic E-state index is -0.143. The highest BCUT2D eigenvalue weighted by atomic mass is 35.5. The molecule has 1 unspecified atom stereocenters. The van der Waals surface area contributed by atoms with Crippen LogP contribution in [0.25, 0.3) is 0 Å². The van der Waals surface area contributed by atoms with Crippen molar-refractivity contribution in [3.05, 3.63) is 53.1 Å². The summed E-state index contributed by atoms with van der Waals surface area (Å²) in [6.07, 6.45) is 2.88. The van der Waals surface area contributed by atoms with E-state index in [9.17, 15) is 5.11 Å². The van der Waals surface area contributed by atoms with Gasteiger partial charge in [-0.2, -0.15) is 0 Å². The highest BCUT2D eigenvalue weighted by molar-refractivity contribution is 6.31. The number of piperidine rings is 1. The van der Waals surface area contributed by atoms with Crippen molar-refractivity contribution in [3.63, 3.8) is 0 Å². The number of nitrogens with zero attached hydrogens (tertiary/aromatic N) is 1. The fourth-order valence-electron chi connectivity index (χ4n) is 4.08. The maximum absolute atomic E-state index is 10.2. The van der Waals surface area contributed by atoms with Gasteiger partial charge in [-0.3, -0.25) is 4.90 Å². The molecule has 4 rings (SSSR count). The molecule has 2 aromatic rings. The van der Waals surface area contributed by atoms with Crippen molar-refractivity contribution < 1.29 is 19.3 Å². The van der Waals surface area contributed by atoms with Crippen molar-refractivity contribution >= 4 is 11.6 Å². The van der Waals surface area contributed by atoms with Crippen LogP contribution in [0.3, 0.4) is 0 Å². The van der Waals surface area contributed by atoms with Gasteiger partial charge >= 0.3 is 0 Å². The standard InChI is InChI=1S/C22H26ClNO4/c23-19-12-21-20(27-16-28-21)11-17(19)13-24-9-4-7-22(14-24,15-25)8-10-26-18-5-2-1-3-6-18/h1-3,5-6,11-12,25H,4,7-10,13-16H2. The number of fused-ring (bicyclic) bond motifs is 1. The summed E-state index contributed by atoms with van der Waals surface area (Å²) in [6.45, 7) is 3.56. The molecule has 28 heavy (non-hydrogen) atoms. The lowest BCUT2D eigenvalue weighted by atomic mass is 9.78. The number of hydrogen-bond donors (Lipinski definition) is 1. The lowest BCUT2D eigenvalue weighted by Gasteiger charge is -2.42. The summed E-state index contributed by atoms with van der Waals surface area (Å²) in [6, 6.07) is 13.6. The van der Waals surface area contributed by atoms with Crippen LogP contribution in [0.4, 0.5) is 0 Å². The van der Waals surface area contributed by atoms with Crippen molar-refractivity contribution in [1.82, 2.24) is 4.90 Å². The molecule has 0 radical (unpaired) electrons. The Kier molecular flexibility index (Phi) is 5.95. The molecule has 0 aliphatic carbocycles. The molecule has 2 aliphatic heterocycles. The van der Waals surface area contributed by atoms with Gasteiger partial charge in [-0.15, -0.1) is 0 Å². The molecule has 1 fully saturated rings. The number of rotatable bonds is 7. The van der Waals surface area contributed by atoms with Gasteiger partial charge in [-0.1, -0.05) is 29.8 Å². The summed E-state index contributed by atoms with van der Waals surface area (Å²) in [5.41, 5.74) is 0.885. The summed E-state index contributed by atoms with van der Waals surface area (Å²) in [4.78, 5) is 2.37. The number of likely N-dealkylation sites (tertiary alicyclic amines) is 1. The van der Waals surface area contributed by atoms with Crippen LogP contribution in [-0.4, -0.2) is 43.1 Å². The first-order valence-corrected chi connectivity index (χ1v) is 10.1. The third kappa shape index (κ3) is 4.37. The van der Waals surface area contributed by atoms with Crippen LogP contribution < -0.4 is 14.2 Å². The van der Waals surface area contributed by atoms with Crippen LogP contribution in [-0.2, 0) is 6.54 Å². The number of hydrogen-bond acceptors (Lipinski definition) is 5. The summed E-state index contributed by atoms with van der Waals surface area (Å²) in [7, 11) is 0. The van der Waals surface area contributed by atoms with Gasteiger partial charge in [0.25, 0.3) is 0 Å². The minimum absolute atomic E-state index is 0.143. The van der Waals surface area contributed by atoms with Gasteiger partial charge in [-0.25, -0.2) is 0 Å². The maximum Gasteiger partial charge on any atom is 0.231 e. The summed E-state index contributed by atoms with van der Waals surface area (Å²) in [5, 5.41) is 10.9. The quantitative estimate of drug-likeness (QED) is 0.753. The van der Waals surface area contributed by atoms with E-state index in [1.165, 1.54) is 0 Å². The first-order chi connectivity index (χ1) is 13.7. The first kappa shape index (κ1) is 19.4. The van der Waals surface area contributed by atoms with Crippen LogP contribution in [0.15, 0.2) is 42.5 Å². The van der Waals surface area contributed by atoms with Gasteiger partial charge in [0.05, 0.1) is 13.2 Å². The zero-order chi connectivity index (χ0) is 19.4. The fraction of sp³-hybridized carbons (Fsp3) is 0.455. The molecule has 1 atom stereocenters. The Morgan fingerprint density at radius 1 is 1.14 bits per heavy atom. The number of aliphatic hydroxyl groups excluding tert-OH is 1. The van der Waals surface area contributed by atoms with Gasteiger partial charge in [0, 0.05) is 29.6 Å². The zero-order valence-corrected chi connectivity index (χ0v) is 16.7. The molecular formula is C22H26ClNO4. The Balaban J connectivity index is 1.38. The highest BCUT2D eigenvalue weighted by Gasteiger charge is 2.35. The normalized spacial score (nSPS) is 21.6. The largest absolute Gasteiger partial charge is 0.494 e. The lowest BCUT2D eigenvalue weighted by Crippen LogP contribution is -2.45. The molecule has 2 heterocycles.